The van der Waals surface area contributed by atoms with Gasteiger partial charge in [0.05, 0.1) is 12.7 Å². The van der Waals surface area contributed by atoms with E-state index in [0.29, 0.717) is 23.9 Å². The lowest BCUT2D eigenvalue weighted by Gasteiger charge is -2.24. The van der Waals surface area contributed by atoms with Crippen LogP contribution in [0.3, 0.4) is 0 Å². The number of carbonyl (C=O) groups is 1. The third kappa shape index (κ3) is 49.3. The summed E-state index contributed by atoms with van der Waals surface area (Å²) < 4.78 is 5.43. The fraction of sp³-hybridized carbons (Fsp3) is 0.535. The molecule has 1 aliphatic carbocycles. The normalized spacial score (nSPS) is 11.7. The first-order valence-electron chi connectivity index (χ1n) is 28.4. The van der Waals surface area contributed by atoms with Crippen LogP contribution in [0, 0.1) is 53.8 Å². The van der Waals surface area contributed by atoms with Crippen LogP contribution in [0.15, 0.2) is 152 Å². The molecule has 6 rings (SSSR count). The van der Waals surface area contributed by atoms with Gasteiger partial charge in [-0.15, -0.1) is 12.3 Å². The van der Waals surface area contributed by atoms with Crippen LogP contribution in [0.4, 0.5) is 0 Å². The largest absolute Gasteiger partial charge is 0.374 e. The van der Waals surface area contributed by atoms with Crippen molar-refractivity contribution in [1.29, 1.82) is 0 Å². The summed E-state index contributed by atoms with van der Waals surface area (Å²) in [7, 11) is 0. The quantitative estimate of drug-likeness (QED) is 0.0977. The van der Waals surface area contributed by atoms with E-state index in [1.807, 2.05) is 52.0 Å². The molecule has 0 aromatic heterocycles. The Morgan fingerprint density at radius 3 is 1.14 bits per heavy atom. The van der Waals surface area contributed by atoms with E-state index >= 15 is 0 Å². The van der Waals surface area contributed by atoms with Gasteiger partial charge in [0.1, 0.15) is 5.78 Å². The number of ether oxygens (including phenoxy) is 1. The maximum atomic E-state index is 10.3. The van der Waals surface area contributed by atoms with Gasteiger partial charge in [0.2, 0.25) is 0 Å². The van der Waals surface area contributed by atoms with Crippen LogP contribution in [-0.4, -0.2) is 11.9 Å². The predicted molar refractivity (Wildman–Crippen MR) is 328 cm³/mol. The van der Waals surface area contributed by atoms with Gasteiger partial charge in [-0.3, -0.25) is 0 Å². The van der Waals surface area contributed by atoms with Gasteiger partial charge in [0.25, 0.3) is 0 Å². The molecule has 5 aromatic rings. The summed E-state index contributed by atoms with van der Waals surface area (Å²) in [6.45, 7) is 37.4. The summed E-state index contributed by atoms with van der Waals surface area (Å²) >= 11 is 0. The zero-order valence-electron chi connectivity index (χ0n) is 50.0. The molecule has 0 bridgehead atoms. The zero-order chi connectivity index (χ0) is 55.2. The van der Waals surface area contributed by atoms with Crippen LogP contribution in [0.1, 0.15) is 204 Å². The van der Waals surface area contributed by atoms with Crippen LogP contribution in [0.2, 0.25) is 0 Å². The summed E-state index contributed by atoms with van der Waals surface area (Å²) in [4.78, 5) is 10.3. The molecular weight excluding hydrogens is 885 g/mol. The number of terminal acetylenes is 1. The first kappa shape index (κ1) is 70.4. The lowest BCUT2D eigenvalue weighted by molar-refractivity contribution is -0.117. The SMILES string of the molecule is C#CCC(C)C.CC(=O)CC(C)C.CC(C)C1CCCCC1.CC(C)CCc1ccccc1.CC(C)Cc1ccccc1.CC(C)Cc1ccccc1.CC(C)OCc1ccccc1.CC(C)c1ccccc1.[HH]. The average molecular weight is 998 g/mol. The topological polar surface area (TPSA) is 26.3 Å². The number of carbonyl (C=O) groups excluding carboxylic acids is 1. The molecule has 0 unspecified atom stereocenters. The van der Waals surface area contributed by atoms with Gasteiger partial charge >= 0.3 is 0 Å². The summed E-state index contributed by atoms with van der Waals surface area (Å²) in [5.74, 6) is 9.04. The second kappa shape index (κ2) is 47.0. The van der Waals surface area contributed by atoms with Crippen molar-refractivity contribution in [2.45, 2.75) is 207 Å². The monoisotopic (exact) mass is 997 g/mol. The van der Waals surface area contributed by atoms with Crippen LogP contribution in [-0.2, 0) is 35.4 Å². The summed E-state index contributed by atoms with van der Waals surface area (Å²) in [6.07, 6.45) is 19.3. The summed E-state index contributed by atoms with van der Waals surface area (Å²) in [5.41, 5.74) is 7.00. The van der Waals surface area contributed by atoms with Crippen molar-refractivity contribution in [1.82, 2.24) is 0 Å². The van der Waals surface area contributed by atoms with Gasteiger partial charge in [-0.2, -0.15) is 0 Å². The minimum Gasteiger partial charge on any atom is -0.374 e. The van der Waals surface area contributed by atoms with Crippen LogP contribution in [0.25, 0.3) is 0 Å². The van der Waals surface area contributed by atoms with Gasteiger partial charge in [-0.1, -0.05) is 281 Å². The Labute approximate surface area is 454 Å². The van der Waals surface area contributed by atoms with E-state index in [0.717, 1.165) is 49.0 Å². The lowest BCUT2D eigenvalue weighted by atomic mass is 9.82. The summed E-state index contributed by atoms with van der Waals surface area (Å²) in [6, 6.07) is 52.6. The van der Waals surface area contributed by atoms with Gasteiger partial charge in [0.15, 0.2) is 0 Å². The molecule has 0 atom stereocenters. The van der Waals surface area contributed by atoms with Crippen molar-refractivity contribution in [2.24, 2.45) is 41.4 Å². The third-order valence-electron chi connectivity index (χ3n) is 11.5. The first-order valence-corrected chi connectivity index (χ1v) is 28.4. The minimum absolute atomic E-state index is 0. The van der Waals surface area contributed by atoms with E-state index in [9.17, 15) is 4.79 Å². The summed E-state index contributed by atoms with van der Waals surface area (Å²) in [5, 5.41) is 0. The molecule has 0 spiro atoms. The van der Waals surface area contributed by atoms with Gasteiger partial charge in [-0.05, 0) is 122 Å². The molecule has 0 N–H and O–H groups in total. The van der Waals surface area contributed by atoms with Gasteiger partial charge in [-0.25, -0.2) is 0 Å². The van der Waals surface area contributed by atoms with Crippen molar-refractivity contribution >= 4 is 5.78 Å². The molecule has 1 fully saturated rings. The Bertz CT molecular complexity index is 1840. The van der Waals surface area contributed by atoms with Gasteiger partial charge in [0, 0.05) is 14.3 Å². The molecule has 2 heteroatoms. The molecule has 73 heavy (non-hydrogen) atoms. The standard InChI is InChI=1S/C11H16.C10H14O.2C10H14.C9H18.C9H12.C6H12O.C6H10.H2/c1-10(2)8-9-11-6-4-3-5-7-11;1-9(2)11-8-10-6-4-3-5-7-10;2*1-9(2)8-10-6-4-3-5-7-10;2*1-8(2)9-6-4-3-5-7-9;1-5(2)4-6(3)7;1-4-5-6(2)3;/h3-7,10H,8-9H2,1-2H3;3-7,9H,8H2,1-2H3;2*3-7,9H,8H2,1-2H3;8-9H,3-7H2,1-2H3;3-8H,1-2H3;5H,4H2,1-3H3;1,6H,5H2,2-3H3;1H. The number of hydrogen-bond acceptors (Lipinski definition) is 2. The molecule has 0 radical (unpaired) electrons. The fourth-order valence-corrected chi connectivity index (χ4v) is 7.56. The van der Waals surface area contributed by atoms with Crippen LogP contribution in [0.5, 0.6) is 0 Å². The highest BCUT2D eigenvalue weighted by Gasteiger charge is 2.15. The minimum atomic E-state index is 0. The molecule has 408 valence electrons. The molecular formula is C71H112O2. The van der Waals surface area contributed by atoms with E-state index in [1.54, 1.807) is 6.92 Å². The van der Waals surface area contributed by atoms with Crippen LogP contribution < -0.4 is 0 Å². The number of rotatable bonds is 15. The van der Waals surface area contributed by atoms with Crippen LogP contribution >= 0.6 is 0 Å². The Hall–Kier alpha value is -4.71. The molecule has 2 nitrogen and oxygen atoms in total. The maximum absolute atomic E-state index is 10.3. The Balaban J connectivity index is -0.000000782. The van der Waals surface area contributed by atoms with Crippen molar-refractivity contribution in [3.63, 3.8) is 0 Å². The van der Waals surface area contributed by atoms with E-state index in [2.05, 4.69) is 216 Å². The Morgan fingerprint density at radius 2 is 0.890 bits per heavy atom. The predicted octanol–water partition coefficient (Wildman–Crippen LogP) is 21.2. The van der Waals surface area contributed by atoms with Crippen molar-refractivity contribution in [2.75, 3.05) is 0 Å². The number of Topliss-reactive ketones (excluding diaryl/α,β-unsaturated/α-hetero) is 1. The van der Waals surface area contributed by atoms with Crippen molar-refractivity contribution < 1.29 is 11.0 Å². The second-order valence-corrected chi connectivity index (χ2v) is 22.7. The number of benzene rings is 5. The molecule has 1 saturated carbocycles. The molecule has 0 amide bonds. The molecule has 0 heterocycles. The van der Waals surface area contributed by atoms with Gasteiger partial charge < -0.3 is 9.53 Å². The molecule has 1 aliphatic rings. The van der Waals surface area contributed by atoms with E-state index in [1.165, 1.54) is 85.6 Å². The first-order chi connectivity index (χ1) is 34.7. The van der Waals surface area contributed by atoms with E-state index in [-0.39, 0.29) is 7.21 Å². The highest BCUT2D eigenvalue weighted by atomic mass is 16.5. The fourth-order valence-electron chi connectivity index (χ4n) is 7.56. The Kier molecular flexibility index (Phi) is 45.3. The third-order valence-corrected chi connectivity index (χ3v) is 11.5. The number of hydrogen-bond donors (Lipinski definition) is 0. The molecule has 0 aliphatic heterocycles. The Morgan fingerprint density at radius 1 is 0.507 bits per heavy atom. The van der Waals surface area contributed by atoms with Crippen molar-refractivity contribution in [3.05, 3.63) is 179 Å². The molecule has 0 saturated heterocycles. The molecule has 5 aromatic carbocycles. The number of aryl methyl sites for hydroxylation is 1. The van der Waals surface area contributed by atoms with E-state index < -0.39 is 0 Å². The highest BCUT2D eigenvalue weighted by molar-refractivity contribution is 5.75. The smallest absolute Gasteiger partial charge is 0.130 e. The average Bonchev–Trinajstić information content (AvgIpc) is 3.35. The highest BCUT2D eigenvalue weighted by Crippen LogP contribution is 2.29. The van der Waals surface area contributed by atoms with E-state index in [4.69, 9.17) is 11.2 Å². The lowest BCUT2D eigenvalue weighted by Crippen LogP contribution is -2.12. The second-order valence-electron chi connectivity index (χ2n) is 22.7. The zero-order valence-corrected chi connectivity index (χ0v) is 50.0. The maximum Gasteiger partial charge on any atom is 0.130 e. The van der Waals surface area contributed by atoms with Crippen molar-refractivity contribution in [3.8, 4) is 12.3 Å². The number of ketones is 1.